The minimum atomic E-state index is 0.0752. The fraction of sp³-hybridized carbons (Fsp3) is 0.300. The Morgan fingerprint density at radius 2 is 1.96 bits per heavy atom. The predicted octanol–water partition coefficient (Wildman–Crippen LogP) is 3.43. The van der Waals surface area contributed by atoms with Gasteiger partial charge in [-0.3, -0.25) is 9.78 Å². The molecular weight excluding hydrogens is 328 g/mol. The van der Waals surface area contributed by atoms with Gasteiger partial charge in [0.15, 0.2) is 0 Å². The molecule has 0 aliphatic carbocycles. The number of rotatable bonds is 5. The summed E-state index contributed by atoms with van der Waals surface area (Å²) in [7, 11) is 0. The number of benzene rings is 1. The summed E-state index contributed by atoms with van der Waals surface area (Å²) in [6.07, 6.45) is 4.55. The van der Waals surface area contributed by atoms with Crippen LogP contribution in [0.15, 0.2) is 59.1 Å². The zero-order valence-electron chi connectivity index (χ0n) is 14.4. The summed E-state index contributed by atoms with van der Waals surface area (Å²) in [5.41, 5.74) is 1.84. The van der Waals surface area contributed by atoms with E-state index in [9.17, 15) is 4.79 Å². The van der Waals surface area contributed by atoms with E-state index in [4.69, 9.17) is 4.42 Å². The van der Waals surface area contributed by atoms with Crippen molar-refractivity contribution in [1.29, 1.82) is 0 Å². The second kappa shape index (κ2) is 7.47. The summed E-state index contributed by atoms with van der Waals surface area (Å²) in [5, 5.41) is 8.14. The molecule has 6 heteroatoms. The van der Waals surface area contributed by atoms with Crippen LogP contribution in [0.3, 0.4) is 0 Å². The number of pyridine rings is 1. The monoisotopic (exact) mass is 348 g/mol. The Kier molecular flexibility index (Phi) is 4.73. The number of carbonyl (C=O) groups is 1. The molecule has 1 aliphatic rings. The summed E-state index contributed by atoms with van der Waals surface area (Å²) in [6, 6.07) is 15.5. The van der Waals surface area contributed by atoms with Gasteiger partial charge in [-0.1, -0.05) is 24.3 Å². The summed E-state index contributed by atoms with van der Waals surface area (Å²) < 4.78 is 5.69. The van der Waals surface area contributed by atoms with Crippen molar-refractivity contribution >= 4 is 5.91 Å². The first-order valence-corrected chi connectivity index (χ1v) is 8.89. The van der Waals surface area contributed by atoms with Gasteiger partial charge in [0.25, 0.3) is 0 Å². The van der Waals surface area contributed by atoms with E-state index in [1.165, 1.54) is 0 Å². The maximum atomic E-state index is 12.7. The molecule has 26 heavy (non-hydrogen) atoms. The minimum Gasteiger partial charge on any atom is -0.421 e. The normalized spacial score (nSPS) is 16.8. The van der Waals surface area contributed by atoms with Crippen LogP contribution in [0.2, 0.25) is 0 Å². The number of aryl methyl sites for hydroxylation is 1. The third-order valence-corrected chi connectivity index (χ3v) is 4.64. The molecule has 2 aromatic heterocycles. The number of aromatic nitrogens is 3. The smallest absolute Gasteiger partial charge is 0.247 e. The average molecular weight is 348 g/mol. The van der Waals surface area contributed by atoms with E-state index in [1.54, 1.807) is 6.20 Å². The molecule has 0 N–H and O–H groups in total. The number of hydrogen-bond donors (Lipinski definition) is 0. The Morgan fingerprint density at radius 1 is 1.12 bits per heavy atom. The molecule has 1 aromatic carbocycles. The van der Waals surface area contributed by atoms with Crippen LogP contribution >= 0.6 is 0 Å². The minimum absolute atomic E-state index is 0.0752. The fourth-order valence-corrected chi connectivity index (χ4v) is 3.36. The van der Waals surface area contributed by atoms with Crippen molar-refractivity contribution in [3.05, 3.63) is 66.3 Å². The standard InChI is InChI=1S/C20H20N4O2/c25-19(24-14-6-10-17(24)16-9-4-5-13-21-16)12-11-18-22-23-20(26-18)15-7-2-1-3-8-15/h1-5,7-9,13,17H,6,10-12,14H2/t17-/m1/s1. The zero-order valence-corrected chi connectivity index (χ0v) is 14.4. The van der Waals surface area contributed by atoms with E-state index < -0.39 is 0 Å². The SMILES string of the molecule is O=C(CCc1nnc(-c2ccccc2)o1)N1CCC[C@@H]1c1ccccn1. The van der Waals surface area contributed by atoms with E-state index in [1.807, 2.05) is 53.4 Å². The predicted molar refractivity (Wildman–Crippen MR) is 96.0 cm³/mol. The second-order valence-electron chi connectivity index (χ2n) is 6.37. The molecule has 0 bridgehead atoms. The number of nitrogens with zero attached hydrogens (tertiary/aromatic N) is 4. The Bertz CT molecular complexity index is 864. The van der Waals surface area contributed by atoms with Gasteiger partial charge in [-0.2, -0.15) is 0 Å². The van der Waals surface area contributed by atoms with Gasteiger partial charge in [0.1, 0.15) is 0 Å². The van der Waals surface area contributed by atoms with E-state index in [0.29, 0.717) is 24.6 Å². The van der Waals surface area contributed by atoms with Crippen LogP contribution in [0.5, 0.6) is 0 Å². The van der Waals surface area contributed by atoms with Crippen molar-refractivity contribution in [1.82, 2.24) is 20.1 Å². The third kappa shape index (κ3) is 3.49. The van der Waals surface area contributed by atoms with Gasteiger partial charge in [0.2, 0.25) is 17.7 Å². The largest absolute Gasteiger partial charge is 0.421 e. The van der Waals surface area contributed by atoms with Gasteiger partial charge in [-0.05, 0) is 37.1 Å². The van der Waals surface area contributed by atoms with E-state index >= 15 is 0 Å². The fourth-order valence-electron chi connectivity index (χ4n) is 3.36. The summed E-state index contributed by atoms with van der Waals surface area (Å²) >= 11 is 0. The molecule has 4 rings (SSSR count). The summed E-state index contributed by atoms with van der Waals surface area (Å²) in [6.45, 7) is 0.777. The Morgan fingerprint density at radius 3 is 2.77 bits per heavy atom. The first-order valence-electron chi connectivity index (χ1n) is 8.89. The van der Waals surface area contributed by atoms with Crippen LogP contribution in [0.25, 0.3) is 11.5 Å². The highest BCUT2D eigenvalue weighted by Crippen LogP contribution is 2.31. The number of carbonyl (C=O) groups excluding carboxylic acids is 1. The summed E-state index contributed by atoms with van der Waals surface area (Å²) in [5.74, 6) is 1.09. The van der Waals surface area contributed by atoms with Gasteiger partial charge in [-0.25, -0.2) is 0 Å². The third-order valence-electron chi connectivity index (χ3n) is 4.64. The summed E-state index contributed by atoms with van der Waals surface area (Å²) in [4.78, 5) is 19.0. The molecule has 0 saturated carbocycles. The molecule has 3 heterocycles. The first-order chi connectivity index (χ1) is 12.8. The number of amides is 1. The van der Waals surface area contributed by atoms with Crippen molar-refractivity contribution in [2.24, 2.45) is 0 Å². The maximum Gasteiger partial charge on any atom is 0.247 e. The van der Waals surface area contributed by atoms with Gasteiger partial charge >= 0.3 is 0 Å². The van der Waals surface area contributed by atoms with Crippen LogP contribution in [-0.4, -0.2) is 32.5 Å². The van der Waals surface area contributed by atoms with Crippen molar-refractivity contribution in [3.8, 4) is 11.5 Å². The van der Waals surface area contributed by atoms with Gasteiger partial charge in [0, 0.05) is 31.1 Å². The molecule has 3 aromatic rings. The maximum absolute atomic E-state index is 12.7. The molecule has 0 spiro atoms. The molecule has 0 unspecified atom stereocenters. The van der Waals surface area contributed by atoms with Gasteiger partial charge in [0.05, 0.1) is 11.7 Å². The van der Waals surface area contributed by atoms with Crippen molar-refractivity contribution in [3.63, 3.8) is 0 Å². The zero-order chi connectivity index (χ0) is 17.8. The van der Waals surface area contributed by atoms with Gasteiger partial charge < -0.3 is 9.32 Å². The molecule has 1 amide bonds. The highest BCUT2D eigenvalue weighted by atomic mass is 16.4. The van der Waals surface area contributed by atoms with E-state index in [0.717, 1.165) is 30.6 Å². The highest BCUT2D eigenvalue weighted by Gasteiger charge is 2.30. The molecule has 1 saturated heterocycles. The number of hydrogen-bond acceptors (Lipinski definition) is 5. The van der Waals surface area contributed by atoms with Crippen molar-refractivity contribution < 1.29 is 9.21 Å². The average Bonchev–Trinajstić information content (AvgIpc) is 3.37. The molecular formula is C20H20N4O2. The molecule has 132 valence electrons. The Hall–Kier alpha value is -3.02. The first kappa shape index (κ1) is 16.4. The topological polar surface area (TPSA) is 72.1 Å². The van der Waals surface area contributed by atoms with E-state index in [-0.39, 0.29) is 11.9 Å². The quantitative estimate of drug-likeness (QED) is 0.706. The lowest BCUT2D eigenvalue weighted by atomic mass is 10.1. The molecule has 1 fully saturated rings. The lowest BCUT2D eigenvalue weighted by Crippen LogP contribution is -2.31. The Labute approximate surface area is 151 Å². The molecule has 0 radical (unpaired) electrons. The highest BCUT2D eigenvalue weighted by molar-refractivity contribution is 5.77. The second-order valence-corrected chi connectivity index (χ2v) is 6.37. The van der Waals surface area contributed by atoms with Crippen molar-refractivity contribution in [2.75, 3.05) is 6.54 Å². The van der Waals surface area contributed by atoms with Crippen molar-refractivity contribution in [2.45, 2.75) is 31.7 Å². The van der Waals surface area contributed by atoms with E-state index in [2.05, 4.69) is 15.2 Å². The lowest BCUT2D eigenvalue weighted by Gasteiger charge is -2.24. The van der Waals surface area contributed by atoms with Crippen LogP contribution in [-0.2, 0) is 11.2 Å². The van der Waals surface area contributed by atoms with Crippen LogP contribution < -0.4 is 0 Å². The van der Waals surface area contributed by atoms with Gasteiger partial charge in [-0.15, -0.1) is 10.2 Å². The Balaban J connectivity index is 1.39. The molecule has 1 atom stereocenters. The molecule has 6 nitrogen and oxygen atoms in total. The molecule has 1 aliphatic heterocycles. The number of likely N-dealkylation sites (tertiary alicyclic amines) is 1. The van der Waals surface area contributed by atoms with Crippen LogP contribution in [0, 0.1) is 0 Å². The van der Waals surface area contributed by atoms with Crippen LogP contribution in [0.1, 0.15) is 36.9 Å². The lowest BCUT2D eigenvalue weighted by molar-refractivity contribution is -0.132. The van der Waals surface area contributed by atoms with Crippen LogP contribution in [0.4, 0.5) is 0 Å².